The van der Waals surface area contributed by atoms with Gasteiger partial charge in [0.15, 0.2) is 11.5 Å². The maximum absolute atomic E-state index is 12.9. The third-order valence-corrected chi connectivity index (χ3v) is 5.50. The molecule has 0 bridgehead atoms. The van der Waals surface area contributed by atoms with Crippen molar-refractivity contribution in [3.63, 3.8) is 0 Å². The molecule has 0 radical (unpaired) electrons. The third-order valence-electron chi connectivity index (χ3n) is 4.36. The van der Waals surface area contributed by atoms with Crippen molar-refractivity contribution in [2.75, 3.05) is 23.2 Å². The second-order valence-electron chi connectivity index (χ2n) is 6.01. The Kier molecular flexibility index (Phi) is 4.65. The van der Waals surface area contributed by atoms with Gasteiger partial charge in [0.25, 0.3) is 5.91 Å². The van der Waals surface area contributed by atoms with E-state index in [0.29, 0.717) is 0 Å². The number of carbonyl (C=O) groups excluding carboxylic acids is 1. The highest BCUT2D eigenvalue weighted by molar-refractivity contribution is 7.99. The van der Waals surface area contributed by atoms with E-state index < -0.39 is 0 Å². The molecule has 5 heteroatoms. The summed E-state index contributed by atoms with van der Waals surface area (Å²) in [5.41, 5.74) is 1.88. The monoisotopic (exact) mass is 353 g/mol. The van der Waals surface area contributed by atoms with E-state index in [1.54, 1.807) is 6.08 Å². The van der Waals surface area contributed by atoms with Gasteiger partial charge in [-0.1, -0.05) is 24.3 Å². The van der Waals surface area contributed by atoms with Crippen molar-refractivity contribution in [2.24, 2.45) is 0 Å². The summed E-state index contributed by atoms with van der Waals surface area (Å²) in [6.45, 7) is 0.253. The van der Waals surface area contributed by atoms with Gasteiger partial charge in [-0.05, 0) is 48.1 Å². The van der Waals surface area contributed by atoms with Gasteiger partial charge in [0.2, 0.25) is 6.79 Å². The zero-order valence-corrected chi connectivity index (χ0v) is 14.6. The number of fused-ring (bicyclic) bond motifs is 1. The Morgan fingerprint density at radius 1 is 1.12 bits per heavy atom. The van der Waals surface area contributed by atoms with Crippen LogP contribution in [-0.2, 0) is 4.79 Å². The van der Waals surface area contributed by atoms with Crippen LogP contribution in [0.5, 0.6) is 11.5 Å². The van der Waals surface area contributed by atoms with Gasteiger partial charge in [0, 0.05) is 23.6 Å². The van der Waals surface area contributed by atoms with Crippen LogP contribution in [-0.4, -0.2) is 30.2 Å². The first kappa shape index (κ1) is 16.1. The Morgan fingerprint density at radius 3 is 2.76 bits per heavy atom. The molecule has 2 aliphatic rings. The van der Waals surface area contributed by atoms with Gasteiger partial charge in [-0.15, -0.1) is 0 Å². The fourth-order valence-electron chi connectivity index (χ4n) is 3.10. The normalized spacial score (nSPS) is 18.6. The van der Waals surface area contributed by atoms with E-state index in [2.05, 4.69) is 0 Å². The predicted molar refractivity (Wildman–Crippen MR) is 101 cm³/mol. The van der Waals surface area contributed by atoms with Gasteiger partial charge in [-0.3, -0.25) is 4.79 Å². The number of para-hydroxylation sites is 1. The minimum atomic E-state index is 0.0105. The molecular weight excluding hydrogens is 334 g/mol. The van der Waals surface area contributed by atoms with Crippen molar-refractivity contribution in [3.05, 3.63) is 60.2 Å². The third kappa shape index (κ3) is 3.51. The largest absolute Gasteiger partial charge is 0.454 e. The summed E-state index contributed by atoms with van der Waals surface area (Å²) >= 11 is 1.90. The van der Waals surface area contributed by atoms with Gasteiger partial charge in [-0.2, -0.15) is 11.8 Å². The molecule has 2 aliphatic heterocycles. The quantitative estimate of drug-likeness (QED) is 0.780. The van der Waals surface area contributed by atoms with Crippen LogP contribution in [0.1, 0.15) is 12.0 Å². The molecule has 1 atom stereocenters. The van der Waals surface area contributed by atoms with Crippen molar-refractivity contribution in [3.8, 4) is 11.5 Å². The highest BCUT2D eigenvalue weighted by atomic mass is 32.2. The molecule has 128 valence electrons. The number of hydrogen-bond donors (Lipinski definition) is 0. The number of amides is 1. The van der Waals surface area contributed by atoms with Gasteiger partial charge < -0.3 is 14.4 Å². The van der Waals surface area contributed by atoms with Crippen LogP contribution in [0, 0.1) is 0 Å². The molecule has 0 spiro atoms. The topological polar surface area (TPSA) is 38.8 Å². The molecule has 1 fully saturated rings. The summed E-state index contributed by atoms with van der Waals surface area (Å²) in [5, 5.41) is 0. The first-order valence-electron chi connectivity index (χ1n) is 8.35. The molecule has 1 unspecified atom stereocenters. The lowest BCUT2D eigenvalue weighted by atomic mass is 10.1. The Labute approximate surface area is 151 Å². The maximum Gasteiger partial charge on any atom is 0.251 e. The van der Waals surface area contributed by atoms with E-state index in [4.69, 9.17) is 9.47 Å². The van der Waals surface area contributed by atoms with Gasteiger partial charge in [0.05, 0.1) is 0 Å². The number of benzene rings is 2. The second kappa shape index (κ2) is 7.23. The zero-order chi connectivity index (χ0) is 17.1. The molecule has 2 aromatic carbocycles. The highest BCUT2D eigenvalue weighted by Crippen LogP contribution is 2.33. The zero-order valence-electron chi connectivity index (χ0n) is 13.8. The smallest absolute Gasteiger partial charge is 0.251 e. The number of nitrogens with zero attached hydrogens (tertiary/aromatic N) is 1. The van der Waals surface area contributed by atoms with E-state index in [1.807, 2.05) is 71.3 Å². The number of rotatable bonds is 4. The van der Waals surface area contributed by atoms with Crippen molar-refractivity contribution in [1.29, 1.82) is 0 Å². The van der Waals surface area contributed by atoms with Crippen LogP contribution >= 0.6 is 11.8 Å². The maximum atomic E-state index is 12.9. The number of ether oxygens (including phenoxy) is 2. The lowest BCUT2D eigenvalue weighted by Gasteiger charge is -2.27. The summed E-state index contributed by atoms with van der Waals surface area (Å²) in [5.74, 6) is 3.57. The lowest BCUT2D eigenvalue weighted by Crippen LogP contribution is -2.39. The van der Waals surface area contributed by atoms with Gasteiger partial charge in [0.1, 0.15) is 0 Å². The average molecular weight is 353 g/mol. The molecule has 4 rings (SSSR count). The van der Waals surface area contributed by atoms with E-state index in [1.165, 1.54) is 0 Å². The molecule has 0 saturated carbocycles. The van der Waals surface area contributed by atoms with Crippen LogP contribution in [0.4, 0.5) is 5.69 Å². The molecule has 2 aromatic rings. The molecular formula is C20H19NO3S. The molecule has 2 heterocycles. The second-order valence-corrected chi connectivity index (χ2v) is 7.16. The van der Waals surface area contributed by atoms with Crippen molar-refractivity contribution in [2.45, 2.75) is 12.5 Å². The molecule has 1 amide bonds. The van der Waals surface area contributed by atoms with E-state index >= 15 is 0 Å². The Hall–Kier alpha value is -2.40. The molecule has 4 nitrogen and oxygen atoms in total. The number of thioether (sulfide) groups is 1. The minimum Gasteiger partial charge on any atom is -0.454 e. The predicted octanol–water partition coefficient (Wildman–Crippen LogP) is 3.97. The van der Waals surface area contributed by atoms with Crippen molar-refractivity contribution in [1.82, 2.24) is 0 Å². The highest BCUT2D eigenvalue weighted by Gasteiger charge is 2.27. The first-order chi connectivity index (χ1) is 12.3. The molecule has 25 heavy (non-hydrogen) atoms. The molecule has 0 aliphatic carbocycles. The summed E-state index contributed by atoms with van der Waals surface area (Å²) in [6.07, 6.45) is 4.51. The standard InChI is InChI=1S/C20H19NO3S/c22-20(9-7-15-6-8-18-19(12-15)24-14-23-18)21(17-10-11-25-13-17)16-4-2-1-3-5-16/h1-9,12,17H,10-11,13-14H2/b9-7+. The Bertz CT molecular complexity index is 785. The number of carbonyl (C=O) groups is 1. The molecule has 0 N–H and O–H groups in total. The van der Waals surface area contributed by atoms with E-state index in [-0.39, 0.29) is 18.7 Å². The first-order valence-corrected chi connectivity index (χ1v) is 9.50. The van der Waals surface area contributed by atoms with Crippen LogP contribution in [0.3, 0.4) is 0 Å². The van der Waals surface area contributed by atoms with Crippen LogP contribution in [0.2, 0.25) is 0 Å². The van der Waals surface area contributed by atoms with Crippen LogP contribution in [0.25, 0.3) is 6.08 Å². The van der Waals surface area contributed by atoms with Gasteiger partial charge in [-0.25, -0.2) is 0 Å². The number of anilines is 1. The van der Waals surface area contributed by atoms with Crippen molar-refractivity contribution >= 4 is 29.4 Å². The fraction of sp³-hybridized carbons (Fsp3) is 0.250. The number of hydrogen-bond acceptors (Lipinski definition) is 4. The summed E-state index contributed by atoms with van der Waals surface area (Å²) < 4.78 is 10.7. The van der Waals surface area contributed by atoms with Crippen LogP contribution in [0.15, 0.2) is 54.6 Å². The average Bonchev–Trinajstić information content (AvgIpc) is 3.32. The van der Waals surface area contributed by atoms with Gasteiger partial charge >= 0.3 is 0 Å². The SMILES string of the molecule is O=C(/C=C/c1ccc2c(c1)OCO2)N(c1ccccc1)C1CCSC1. The molecule has 0 aromatic heterocycles. The van der Waals surface area contributed by atoms with Crippen molar-refractivity contribution < 1.29 is 14.3 Å². The van der Waals surface area contributed by atoms with E-state index in [0.717, 1.165) is 40.7 Å². The van der Waals surface area contributed by atoms with E-state index in [9.17, 15) is 4.79 Å². The van der Waals surface area contributed by atoms with Crippen LogP contribution < -0.4 is 14.4 Å². The lowest BCUT2D eigenvalue weighted by molar-refractivity contribution is -0.114. The molecule has 1 saturated heterocycles. The summed E-state index contributed by atoms with van der Waals surface area (Å²) in [6, 6.07) is 15.8. The Morgan fingerprint density at radius 2 is 1.96 bits per heavy atom. The minimum absolute atomic E-state index is 0.0105. The summed E-state index contributed by atoms with van der Waals surface area (Å²) in [4.78, 5) is 14.8. The fourth-order valence-corrected chi connectivity index (χ4v) is 4.29. The Balaban J connectivity index is 1.56. The summed E-state index contributed by atoms with van der Waals surface area (Å²) in [7, 11) is 0.